The van der Waals surface area contributed by atoms with E-state index >= 15 is 0 Å². The fourth-order valence-corrected chi connectivity index (χ4v) is 1.52. The summed E-state index contributed by atoms with van der Waals surface area (Å²) in [5, 5.41) is 3.10. The third kappa shape index (κ3) is 4.00. The summed E-state index contributed by atoms with van der Waals surface area (Å²) >= 11 is 0. The summed E-state index contributed by atoms with van der Waals surface area (Å²) in [6.07, 6.45) is -0.382. The number of nitrogens with two attached hydrogens (primary N) is 1. The summed E-state index contributed by atoms with van der Waals surface area (Å²) in [5.41, 5.74) is 5.97. The second kappa shape index (κ2) is 6.96. The van der Waals surface area contributed by atoms with Gasteiger partial charge in [-0.05, 0) is 30.7 Å². The summed E-state index contributed by atoms with van der Waals surface area (Å²) in [6.45, 7) is 5.15. The van der Waals surface area contributed by atoms with Gasteiger partial charge in [-0.1, -0.05) is 19.9 Å². The molecule has 0 aliphatic carbocycles. The number of carbonyl (C=O) groups excluding carboxylic acids is 1. The Labute approximate surface area is 106 Å². The second-order valence-corrected chi connectivity index (χ2v) is 3.96. The van der Waals surface area contributed by atoms with Crippen LogP contribution < -0.4 is 15.8 Å². The maximum absolute atomic E-state index is 13.7. The van der Waals surface area contributed by atoms with Gasteiger partial charge in [0.15, 0.2) is 17.7 Å². The number of primary amides is 1. The Balaban J connectivity index is 2.75. The predicted octanol–water partition coefficient (Wildman–Crippen LogP) is 1.58. The number of carbonyl (C=O) groups is 1. The zero-order valence-corrected chi connectivity index (χ0v) is 10.7. The molecule has 5 heteroatoms. The van der Waals surface area contributed by atoms with Crippen LogP contribution in [0.2, 0.25) is 0 Å². The number of nitrogens with one attached hydrogen (secondary N) is 1. The van der Waals surface area contributed by atoms with Crippen molar-refractivity contribution in [3.63, 3.8) is 0 Å². The van der Waals surface area contributed by atoms with Gasteiger partial charge in [0.05, 0.1) is 0 Å². The van der Waals surface area contributed by atoms with Crippen LogP contribution >= 0.6 is 0 Å². The highest BCUT2D eigenvalue weighted by atomic mass is 19.1. The molecule has 0 aliphatic heterocycles. The summed E-state index contributed by atoms with van der Waals surface area (Å²) < 4.78 is 19.0. The Morgan fingerprint density at radius 2 is 2.22 bits per heavy atom. The molecule has 1 atom stereocenters. The van der Waals surface area contributed by atoms with Crippen molar-refractivity contribution in [2.75, 3.05) is 6.54 Å². The lowest BCUT2D eigenvalue weighted by Crippen LogP contribution is -2.33. The minimum Gasteiger partial charge on any atom is -0.478 e. The van der Waals surface area contributed by atoms with Crippen LogP contribution in [0.4, 0.5) is 4.39 Å². The quantitative estimate of drug-likeness (QED) is 0.776. The van der Waals surface area contributed by atoms with Crippen molar-refractivity contribution in [1.82, 2.24) is 5.32 Å². The third-order valence-electron chi connectivity index (χ3n) is 2.53. The summed E-state index contributed by atoms with van der Waals surface area (Å²) in [7, 11) is 0. The summed E-state index contributed by atoms with van der Waals surface area (Å²) in [4.78, 5) is 11.0. The summed E-state index contributed by atoms with van der Waals surface area (Å²) in [5.74, 6) is -1.01. The molecule has 0 saturated carbocycles. The van der Waals surface area contributed by atoms with E-state index in [1.807, 2.05) is 6.92 Å². The highest BCUT2D eigenvalue weighted by Crippen LogP contribution is 2.20. The van der Waals surface area contributed by atoms with Crippen molar-refractivity contribution < 1.29 is 13.9 Å². The van der Waals surface area contributed by atoms with Crippen LogP contribution in [0, 0.1) is 5.82 Å². The van der Waals surface area contributed by atoms with Crippen molar-refractivity contribution in [1.29, 1.82) is 0 Å². The Morgan fingerprint density at radius 3 is 2.72 bits per heavy atom. The van der Waals surface area contributed by atoms with Gasteiger partial charge in [0, 0.05) is 6.54 Å². The zero-order valence-electron chi connectivity index (χ0n) is 10.7. The maximum atomic E-state index is 13.7. The lowest BCUT2D eigenvalue weighted by atomic mass is 10.2. The molecule has 0 heterocycles. The van der Waals surface area contributed by atoms with Crippen LogP contribution in [0.3, 0.4) is 0 Å². The number of halogens is 1. The van der Waals surface area contributed by atoms with Gasteiger partial charge in [0.1, 0.15) is 0 Å². The van der Waals surface area contributed by atoms with E-state index in [-0.39, 0.29) is 5.75 Å². The van der Waals surface area contributed by atoms with Gasteiger partial charge in [-0.3, -0.25) is 4.79 Å². The van der Waals surface area contributed by atoms with Crippen LogP contribution in [-0.4, -0.2) is 18.6 Å². The van der Waals surface area contributed by atoms with Gasteiger partial charge in [-0.2, -0.15) is 0 Å². The van der Waals surface area contributed by atoms with Gasteiger partial charge in [-0.25, -0.2) is 4.39 Å². The SMILES string of the molecule is CCNCc1ccc(OC(CC)C(N)=O)c(F)c1. The van der Waals surface area contributed by atoms with E-state index in [1.165, 1.54) is 12.1 Å². The molecule has 1 rings (SSSR count). The van der Waals surface area contributed by atoms with Crippen LogP contribution in [0.15, 0.2) is 18.2 Å². The Hall–Kier alpha value is -1.62. The molecule has 4 nitrogen and oxygen atoms in total. The average Bonchev–Trinajstić information content (AvgIpc) is 2.34. The number of benzene rings is 1. The van der Waals surface area contributed by atoms with Crippen LogP contribution in [0.1, 0.15) is 25.8 Å². The number of ether oxygens (including phenoxy) is 1. The summed E-state index contributed by atoms with van der Waals surface area (Å²) in [6, 6.07) is 4.67. The molecular formula is C13H19FN2O2. The van der Waals surface area contributed by atoms with Crippen LogP contribution in [0.5, 0.6) is 5.75 Å². The standard InChI is InChI=1S/C13H19FN2O2/c1-3-11(13(15)17)18-12-6-5-9(7-10(12)14)8-16-4-2/h5-7,11,16H,3-4,8H2,1-2H3,(H2,15,17). The van der Waals surface area contributed by atoms with E-state index in [9.17, 15) is 9.18 Å². The normalized spacial score (nSPS) is 12.2. The topological polar surface area (TPSA) is 64.3 Å². The predicted molar refractivity (Wildman–Crippen MR) is 67.7 cm³/mol. The minimum absolute atomic E-state index is 0.0564. The number of amides is 1. The monoisotopic (exact) mass is 254 g/mol. The first kappa shape index (κ1) is 14.4. The molecule has 0 radical (unpaired) electrons. The first-order valence-electron chi connectivity index (χ1n) is 6.03. The second-order valence-electron chi connectivity index (χ2n) is 3.96. The maximum Gasteiger partial charge on any atom is 0.258 e. The molecule has 0 bridgehead atoms. The van der Waals surface area contributed by atoms with E-state index in [1.54, 1.807) is 13.0 Å². The highest BCUT2D eigenvalue weighted by molar-refractivity contribution is 5.79. The molecule has 0 aliphatic rings. The van der Waals surface area contributed by atoms with E-state index in [0.717, 1.165) is 12.1 Å². The molecule has 0 spiro atoms. The van der Waals surface area contributed by atoms with Crippen LogP contribution in [0.25, 0.3) is 0 Å². The van der Waals surface area contributed by atoms with Crippen molar-refractivity contribution in [2.45, 2.75) is 32.9 Å². The molecular weight excluding hydrogens is 235 g/mol. The molecule has 1 aromatic carbocycles. The average molecular weight is 254 g/mol. The molecule has 0 saturated heterocycles. The van der Waals surface area contributed by atoms with Crippen molar-refractivity contribution in [3.05, 3.63) is 29.6 Å². The van der Waals surface area contributed by atoms with Gasteiger partial charge in [-0.15, -0.1) is 0 Å². The Morgan fingerprint density at radius 1 is 1.50 bits per heavy atom. The largest absolute Gasteiger partial charge is 0.478 e. The molecule has 0 fully saturated rings. The Bertz CT molecular complexity index is 410. The van der Waals surface area contributed by atoms with Gasteiger partial charge in [0.2, 0.25) is 0 Å². The fourth-order valence-electron chi connectivity index (χ4n) is 1.52. The van der Waals surface area contributed by atoms with E-state index in [2.05, 4.69) is 5.32 Å². The van der Waals surface area contributed by atoms with Gasteiger partial charge < -0.3 is 15.8 Å². The first-order chi connectivity index (χ1) is 8.58. The molecule has 18 heavy (non-hydrogen) atoms. The van der Waals surface area contributed by atoms with E-state index in [4.69, 9.17) is 10.5 Å². The minimum atomic E-state index is -0.792. The molecule has 1 aromatic rings. The first-order valence-corrected chi connectivity index (χ1v) is 6.03. The van der Waals surface area contributed by atoms with Gasteiger partial charge >= 0.3 is 0 Å². The van der Waals surface area contributed by atoms with Crippen molar-refractivity contribution in [3.8, 4) is 5.75 Å². The third-order valence-corrected chi connectivity index (χ3v) is 2.53. The lowest BCUT2D eigenvalue weighted by molar-refractivity contribution is -0.124. The molecule has 1 amide bonds. The number of hydrogen-bond donors (Lipinski definition) is 2. The molecule has 0 aromatic heterocycles. The van der Waals surface area contributed by atoms with Gasteiger partial charge in [0.25, 0.3) is 5.91 Å². The number of rotatable bonds is 7. The van der Waals surface area contributed by atoms with Crippen LogP contribution in [-0.2, 0) is 11.3 Å². The smallest absolute Gasteiger partial charge is 0.258 e. The van der Waals surface area contributed by atoms with E-state index < -0.39 is 17.8 Å². The molecule has 100 valence electrons. The fraction of sp³-hybridized carbons (Fsp3) is 0.462. The van der Waals surface area contributed by atoms with E-state index in [0.29, 0.717) is 13.0 Å². The Kier molecular flexibility index (Phi) is 5.58. The van der Waals surface area contributed by atoms with Crippen molar-refractivity contribution in [2.24, 2.45) is 5.73 Å². The molecule has 3 N–H and O–H groups in total. The lowest BCUT2D eigenvalue weighted by Gasteiger charge is -2.15. The highest BCUT2D eigenvalue weighted by Gasteiger charge is 2.16. The zero-order chi connectivity index (χ0) is 13.5. The number of hydrogen-bond acceptors (Lipinski definition) is 3. The van der Waals surface area contributed by atoms with Crippen molar-refractivity contribution >= 4 is 5.91 Å². The molecule has 1 unspecified atom stereocenters.